The number of oxime groups is 1. The lowest BCUT2D eigenvalue weighted by Gasteiger charge is -2.36. The molecule has 6 heteroatoms. The molecule has 0 spiro atoms. The third kappa shape index (κ3) is 3.69. The first-order valence-electron chi connectivity index (χ1n) is 10.3. The number of amidine groups is 1. The molecule has 5 rings (SSSR count). The van der Waals surface area contributed by atoms with Crippen LogP contribution in [0.15, 0.2) is 46.9 Å². The van der Waals surface area contributed by atoms with E-state index in [0.717, 1.165) is 52.4 Å². The van der Waals surface area contributed by atoms with Gasteiger partial charge in [-0.15, -0.1) is 11.3 Å². The number of rotatable bonds is 4. The van der Waals surface area contributed by atoms with Crippen molar-refractivity contribution in [1.82, 2.24) is 14.7 Å². The molecule has 0 saturated carbocycles. The molecule has 3 aliphatic rings. The highest BCUT2D eigenvalue weighted by atomic mass is 32.1. The number of hydrogen-bond donors (Lipinski definition) is 0. The molecule has 2 saturated heterocycles. The van der Waals surface area contributed by atoms with Gasteiger partial charge in [0.25, 0.3) is 0 Å². The molecule has 28 heavy (non-hydrogen) atoms. The summed E-state index contributed by atoms with van der Waals surface area (Å²) in [6.07, 6.45) is 0.227. The van der Waals surface area contributed by atoms with Crippen LogP contribution in [0.2, 0.25) is 0 Å². The van der Waals surface area contributed by atoms with Crippen LogP contribution < -0.4 is 0 Å². The van der Waals surface area contributed by atoms with E-state index in [4.69, 9.17) is 4.84 Å². The minimum absolute atomic E-state index is 0.227. The normalized spacial score (nSPS) is 25.6. The van der Waals surface area contributed by atoms with Crippen molar-refractivity contribution in [3.63, 3.8) is 0 Å². The summed E-state index contributed by atoms with van der Waals surface area (Å²) in [6.45, 7) is 10.6. The van der Waals surface area contributed by atoms with Gasteiger partial charge in [0, 0.05) is 57.2 Å². The van der Waals surface area contributed by atoms with Crippen LogP contribution in [0, 0.1) is 12.8 Å². The second-order valence-electron chi connectivity index (χ2n) is 8.17. The molecule has 0 N–H and O–H groups in total. The van der Waals surface area contributed by atoms with Gasteiger partial charge in [0.05, 0.1) is 5.92 Å². The molecular formula is C22H28N4OS. The lowest BCUT2D eigenvalue weighted by molar-refractivity contribution is 0.0743. The van der Waals surface area contributed by atoms with E-state index in [1.807, 2.05) is 11.3 Å². The molecule has 1 aromatic heterocycles. The Morgan fingerprint density at radius 3 is 2.57 bits per heavy atom. The molecule has 0 aliphatic carbocycles. The molecule has 2 aromatic rings. The van der Waals surface area contributed by atoms with Gasteiger partial charge in [-0.05, 0) is 29.5 Å². The van der Waals surface area contributed by atoms with Crippen LogP contribution in [0.4, 0.5) is 0 Å². The van der Waals surface area contributed by atoms with E-state index in [9.17, 15) is 0 Å². The molecular weight excluding hydrogens is 368 g/mol. The molecule has 0 amide bonds. The number of piperazine rings is 1. The number of aryl methyl sites for hydroxylation is 1. The van der Waals surface area contributed by atoms with Gasteiger partial charge >= 0.3 is 0 Å². The van der Waals surface area contributed by atoms with Gasteiger partial charge in [0.15, 0.2) is 11.9 Å². The predicted octanol–water partition coefficient (Wildman–Crippen LogP) is 3.02. The molecule has 0 bridgehead atoms. The van der Waals surface area contributed by atoms with Crippen molar-refractivity contribution < 1.29 is 4.84 Å². The van der Waals surface area contributed by atoms with Crippen LogP contribution >= 0.6 is 11.3 Å². The van der Waals surface area contributed by atoms with Crippen molar-refractivity contribution in [3.8, 4) is 0 Å². The highest BCUT2D eigenvalue weighted by Crippen LogP contribution is 2.30. The summed E-state index contributed by atoms with van der Waals surface area (Å²) < 4.78 is 0. The first-order chi connectivity index (χ1) is 13.8. The fraction of sp³-hybridized carbons (Fsp3) is 0.500. The van der Waals surface area contributed by atoms with E-state index in [-0.39, 0.29) is 6.10 Å². The summed E-state index contributed by atoms with van der Waals surface area (Å²) in [4.78, 5) is 14.9. The van der Waals surface area contributed by atoms with E-state index < -0.39 is 0 Å². The molecule has 0 unspecified atom stereocenters. The molecule has 5 nitrogen and oxygen atoms in total. The second kappa shape index (κ2) is 7.85. The van der Waals surface area contributed by atoms with E-state index >= 15 is 0 Å². The minimum atomic E-state index is 0.227. The molecule has 3 aliphatic heterocycles. The van der Waals surface area contributed by atoms with Gasteiger partial charge in [-0.25, -0.2) is 0 Å². The Bertz CT molecular complexity index is 828. The van der Waals surface area contributed by atoms with Crippen molar-refractivity contribution in [2.24, 2.45) is 11.1 Å². The van der Waals surface area contributed by atoms with E-state index in [1.54, 1.807) is 0 Å². The van der Waals surface area contributed by atoms with Crippen molar-refractivity contribution in [3.05, 3.63) is 57.8 Å². The SMILES string of the molecule is Cc1ccsc1CN1CCN(C2=NO[C@@H]3CN(Cc4ccccc4)C[C@@H]23)CC1. The van der Waals surface area contributed by atoms with Crippen LogP contribution in [0.3, 0.4) is 0 Å². The number of nitrogens with zero attached hydrogens (tertiary/aromatic N) is 4. The zero-order chi connectivity index (χ0) is 18.9. The summed E-state index contributed by atoms with van der Waals surface area (Å²) >= 11 is 1.88. The van der Waals surface area contributed by atoms with Gasteiger partial charge in [0.1, 0.15) is 0 Å². The number of fused-ring (bicyclic) bond motifs is 1. The average Bonchev–Trinajstić information content (AvgIpc) is 3.40. The minimum Gasteiger partial charge on any atom is -0.389 e. The van der Waals surface area contributed by atoms with Gasteiger partial charge in [-0.3, -0.25) is 9.80 Å². The maximum atomic E-state index is 5.83. The van der Waals surface area contributed by atoms with Crippen LogP contribution in [0.25, 0.3) is 0 Å². The summed E-state index contributed by atoms with van der Waals surface area (Å²) in [5.41, 5.74) is 2.80. The molecule has 2 atom stereocenters. The first kappa shape index (κ1) is 18.2. The Labute approximate surface area is 171 Å². The fourth-order valence-electron chi connectivity index (χ4n) is 4.56. The van der Waals surface area contributed by atoms with E-state index in [0.29, 0.717) is 5.92 Å². The quantitative estimate of drug-likeness (QED) is 0.795. The van der Waals surface area contributed by atoms with Crippen LogP contribution in [-0.2, 0) is 17.9 Å². The smallest absolute Gasteiger partial charge is 0.152 e. The number of benzene rings is 1. The van der Waals surface area contributed by atoms with Crippen LogP contribution in [0.1, 0.15) is 16.0 Å². The number of thiophene rings is 1. The third-order valence-electron chi connectivity index (χ3n) is 6.24. The van der Waals surface area contributed by atoms with Gasteiger partial charge in [0.2, 0.25) is 0 Å². The van der Waals surface area contributed by atoms with Crippen molar-refractivity contribution in [2.75, 3.05) is 39.3 Å². The Morgan fingerprint density at radius 2 is 1.82 bits per heavy atom. The largest absolute Gasteiger partial charge is 0.389 e. The average molecular weight is 397 g/mol. The molecule has 1 aromatic carbocycles. The lowest BCUT2D eigenvalue weighted by Crippen LogP contribution is -2.50. The Kier molecular flexibility index (Phi) is 5.09. The highest BCUT2D eigenvalue weighted by molar-refractivity contribution is 7.10. The summed E-state index contributed by atoms with van der Waals surface area (Å²) in [7, 11) is 0. The van der Waals surface area contributed by atoms with Crippen LogP contribution in [-0.4, -0.2) is 65.9 Å². The van der Waals surface area contributed by atoms with Gasteiger partial charge < -0.3 is 9.74 Å². The summed E-state index contributed by atoms with van der Waals surface area (Å²) in [6, 6.07) is 13.0. The maximum absolute atomic E-state index is 5.83. The third-order valence-corrected chi connectivity index (χ3v) is 7.24. The Morgan fingerprint density at radius 1 is 1.00 bits per heavy atom. The van der Waals surface area contributed by atoms with Crippen LogP contribution in [0.5, 0.6) is 0 Å². The highest BCUT2D eigenvalue weighted by Gasteiger charge is 2.44. The zero-order valence-electron chi connectivity index (χ0n) is 16.5. The van der Waals surface area contributed by atoms with Crippen molar-refractivity contribution in [2.45, 2.75) is 26.1 Å². The van der Waals surface area contributed by atoms with Crippen molar-refractivity contribution >= 4 is 17.2 Å². The molecule has 4 heterocycles. The van der Waals surface area contributed by atoms with Gasteiger partial charge in [-0.2, -0.15) is 0 Å². The monoisotopic (exact) mass is 396 g/mol. The molecule has 2 fully saturated rings. The number of likely N-dealkylation sites (tertiary alicyclic amines) is 1. The summed E-state index contributed by atoms with van der Waals surface area (Å²) in [5.74, 6) is 1.61. The molecule has 0 radical (unpaired) electrons. The zero-order valence-corrected chi connectivity index (χ0v) is 17.3. The predicted molar refractivity (Wildman–Crippen MR) is 113 cm³/mol. The standard InChI is InChI=1S/C22H28N4OS/c1-17-7-12-28-21(17)16-24-8-10-26(11-9-24)22-19-14-25(15-20(19)27-23-22)13-18-5-3-2-4-6-18/h2-7,12,19-20H,8-11,13-16H2,1H3/t19-,20-/m1/s1. The molecule has 148 valence electrons. The maximum Gasteiger partial charge on any atom is 0.152 e. The Balaban J connectivity index is 1.15. The van der Waals surface area contributed by atoms with E-state index in [1.165, 1.54) is 21.8 Å². The first-order valence-corrected chi connectivity index (χ1v) is 11.1. The fourth-order valence-corrected chi connectivity index (χ4v) is 5.51. The van der Waals surface area contributed by atoms with Gasteiger partial charge in [-0.1, -0.05) is 35.5 Å². The van der Waals surface area contributed by atoms with E-state index in [2.05, 4.69) is 68.6 Å². The lowest BCUT2D eigenvalue weighted by atomic mass is 10.0. The van der Waals surface area contributed by atoms with Crippen molar-refractivity contribution in [1.29, 1.82) is 0 Å². The topological polar surface area (TPSA) is 31.3 Å². The summed E-state index contributed by atoms with van der Waals surface area (Å²) in [5, 5.41) is 6.70. The number of hydrogen-bond acceptors (Lipinski definition) is 6. The Hall–Kier alpha value is -1.89. The second-order valence-corrected chi connectivity index (χ2v) is 9.17.